The van der Waals surface area contributed by atoms with Crippen molar-refractivity contribution in [3.05, 3.63) is 47.5 Å². The van der Waals surface area contributed by atoms with Crippen molar-refractivity contribution in [2.75, 3.05) is 32.2 Å². The van der Waals surface area contributed by atoms with Crippen LogP contribution in [0.2, 0.25) is 0 Å². The summed E-state index contributed by atoms with van der Waals surface area (Å²) in [6.07, 6.45) is 3.49. The summed E-state index contributed by atoms with van der Waals surface area (Å²) < 4.78 is 22.1. The number of ether oxygens (including phenoxy) is 4. The van der Waals surface area contributed by atoms with E-state index in [4.69, 9.17) is 18.9 Å². The van der Waals surface area contributed by atoms with Crippen LogP contribution in [0.25, 0.3) is 6.08 Å². The maximum Gasteiger partial charge on any atom is 0.266 e. The molecule has 1 amide bonds. The minimum Gasteiger partial charge on any atom is -0.493 e. The van der Waals surface area contributed by atoms with E-state index in [0.717, 1.165) is 12.8 Å². The minimum absolute atomic E-state index is 0.0356. The Morgan fingerprint density at radius 1 is 1.17 bits per heavy atom. The van der Waals surface area contributed by atoms with Gasteiger partial charge in [-0.1, -0.05) is 19.4 Å². The van der Waals surface area contributed by atoms with Crippen LogP contribution in [0.1, 0.15) is 25.3 Å². The quantitative estimate of drug-likeness (QED) is 0.400. The zero-order valence-corrected chi connectivity index (χ0v) is 17.1. The van der Waals surface area contributed by atoms with Gasteiger partial charge in [-0.05, 0) is 42.3 Å². The second-order valence-electron chi connectivity index (χ2n) is 6.59. The molecule has 30 heavy (non-hydrogen) atoms. The standard InChI is InChI=1S/C23H24N2O5/c1-3-4-9-28-19-7-5-16(13-21(19)27-2)12-17(15-24)23(26)25-18-6-8-20-22(14-18)30-11-10-29-20/h5-8,12-14H,3-4,9-11H2,1-2H3,(H,25,26)/b17-12+. The molecule has 7 heteroatoms. The highest BCUT2D eigenvalue weighted by Gasteiger charge is 2.15. The van der Waals surface area contributed by atoms with Crippen LogP contribution in [0.3, 0.4) is 0 Å². The van der Waals surface area contributed by atoms with Crippen molar-refractivity contribution in [1.82, 2.24) is 0 Å². The lowest BCUT2D eigenvalue weighted by molar-refractivity contribution is -0.112. The molecule has 0 saturated carbocycles. The van der Waals surface area contributed by atoms with E-state index in [9.17, 15) is 10.1 Å². The van der Waals surface area contributed by atoms with E-state index < -0.39 is 5.91 Å². The zero-order valence-electron chi connectivity index (χ0n) is 17.1. The molecule has 0 atom stereocenters. The lowest BCUT2D eigenvalue weighted by Gasteiger charge is -2.18. The number of carbonyl (C=O) groups is 1. The number of nitrogens with zero attached hydrogens (tertiary/aromatic N) is 1. The van der Waals surface area contributed by atoms with Gasteiger partial charge in [0.15, 0.2) is 23.0 Å². The van der Waals surface area contributed by atoms with Gasteiger partial charge in [0.2, 0.25) is 0 Å². The molecule has 0 radical (unpaired) electrons. The number of rotatable bonds is 8. The van der Waals surface area contributed by atoms with E-state index in [1.54, 1.807) is 43.5 Å². The molecule has 1 aliphatic rings. The SMILES string of the molecule is CCCCOc1ccc(/C=C(\C#N)C(=O)Nc2ccc3c(c2)OCCO3)cc1OC. The highest BCUT2D eigenvalue weighted by molar-refractivity contribution is 6.09. The van der Waals surface area contributed by atoms with Crippen LogP contribution in [0.5, 0.6) is 23.0 Å². The maximum absolute atomic E-state index is 12.6. The number of amides is 1. The van der Waals surface area contributed by atoms with Gasteiger partial charge in [-0.15, -0.1) is 0 Å². The fraction of sp³-hybridized carbons (Fsp3) is 0.304. The minimum atomic E-state index is -0.517. The average Bonchev–Trinajstić information content (AvgIpc) is 2.78. The Labute approximate surface area is 175 Å². The van der Waals surface area contributed by atoms with Gasteiger partial charge in [0.1, 0.15) is 24.9 Å². The smallest absolute Gasteiger partial charge is 0.266 e. The fourth-order valence-electron chi connectivity index (χ4n) is 2.85. The summed E-state index contributed by atoms with van der Waals surface area (Å²) >= 11 is 0. The highest BCUT2D eigenvalue weighted by atomic mass is 16.6. The van der Waals surface area contributed by atoms with Gasteiger partial charge in [-0.2, -0.15) is 5.26 Å². The third kappa shape index (κ3) is 5.23. The second kappa shape index (κ2) is 10.2. The Hall–Kier alpha value is -3.66. The first kappa shape index (κ1) is 21.1. The largest absolute Gasteiger partial charge is 0.493 e. The molecule has 1 aliphatic heterocycles. The molecule has 0 spiro atoms. The number of nitriles is 1. The summed E-state index contributed by atoms with van der Waals surface area (Å²) in [5.41, 5.74) is 1.14. The summed E-state index contributed by atoms with van der Waals surface area (Å²) in [6.45, 7) is 3.64. The first-order valence-electron chi connectivity index (χ1n) is 9.78. The van der Waals surface area contributed by atoms with E-state index >= 15 is 0 Å². The molecule has 1 N–H and O–H groups in total. The van der Waals surface area contributed by atoms with Crippen LogP contribution in [0, 0.1) is 11.3 Å². The van der Waals surface area contributed by atoms with Gasteiger partial charge >= 0.3 is 0 Å². The molecule has 0 aromatic heterocycles. The van der Waals surface area contributed by atoms with Crippen molar-refractivity contribution >= 4 is 17.7 Å². The Morgan fingerprint density at radius 2 is 1.97 bits per heavy atom. The Kier molecular flexibility index (Phi) is 7.17. The number of benzene rings is 2. The third-order valence-electron chi connectivity index (χ3n) is 4.42. The van der Waals surface area contributed by atoms with Crippen molar-refractivity contribution in [1.29, 1.82) is 5.26 Å². The number of unbranched alkanes of at least 4 members (excludes halogenated alkanes) is 1. The molecule has 0 aliphatic carbocycles. The molecule has 0 unspecified atom stereocenters. The first-order valence-corrected chi connectivity index (χ1v) is 9.78. The van der Waals surface area contributed by atoms with Crippen molar-refractivity contribution in [2.24, 2.45) is 0 Å². The topological polar surface area (TPSA) is 89.8 Å². The van der Waals surface area contributed by atoms with Crippen molar-refractivity contribution in [3.63, 3.8) is 0 Å². The summed E-state index contributed by atoms with van der Waals surface area (Å²) in [7, 11) is 1.55. The molecular formula is C23H24N2O5. The van der Waals surface area contributed by atoms with Gasteiger partial charge in [0.05, 0.1) is 13.7 Å². The van der Waals surface area contributed by atoms with Crippen LogP contribution < -0.4 is 24.3 Å². The maximum atomic E-state index is 12.6. The summed E-state index contributed by atoms with van der Waals surface area (Å²) in [5, 5.41) is 12.2. The van der Waals surface area contributed by atoms with Crippen molar-refractivity contribution in [3.8, 4) is 29.1 Å². The van der Waals surface area contributed by atoms with E-state index in [2.05, 4.69) is 12.2 Å². The number of anilines is 1. The number of carbonyl (C=O) groups excluding carboxylic acids is 1. The van der Waals surface area contributed by atoms with E-state index in [-0.39, 0.29) is 5.57 Å². The van der Waals surface area contributed by atoms with Gasteiger partial charge in [-0.3, -0.25) is 4.79 Å². The number of nitrogens with one attached hydrogen (secondary N) is 1. The number of hydrogen-bond acceptors (Lipinski definition) is 6. The normalized spacial score (nSPS) is 12.6. The first-order chi connectivity index (χ1) is 14.6. The van der Waals surface area contributed by atoms with E-state index in [0.29, 0.717) is 54.1 Å². The second-order valence-corrected chi connectivity index (χ2v) is 6.59. The van der Waals surface area contributed by atoms with Crippen molar-refractivity contribution < 1.29 is 23.7 Å². The van der Waals surface area contributed by atoms with Crippen LogP contribution in [0.4, 0.5) is 5.69 Å². The zero-order chi connectivity index (χ0) is 21.3. The van der Waals surface area contributed by atoms with Crippen LogP contribution >= 0.6 is 0 Å². The molecule has 3 rings (SSSR count). The summed E-state index contributed by atoms with van der Waals surface area (Å²) in [4.78, 5) is 12.6. The van der Waals surface area contributed by atoms with E-state index in [1.165, 1.54) is 6.08 Å². The molecule has 0 saturated heterocycles. The number of methoxy groups -OCH3 is 1. The highest BCUT2D eigenvalue weighted by Crippen LogP contribution is 2.33. The van der Waals surface area contributed by atoms with E-state index in [1.807, 2.05) is 6.07 Å². The van der Waals surface area contributed by atoms with Gasteiger partial charge in [0, 0.05) is 11.8 Å². The Morgan fingerprint density at radius 3 is 2.70 bits per heavy atom. The average molecular weight is 408 g/mol. The summed E-state index contributed by atoms with van der Waals surface area (Å²) in [6, 6.07) is 12.3. The van der Waals surface area contributed by atoms with Crippen LogP contribution in [-0.4, -0.2) is 32.8 Å². The fourth-order valence-corrected chi connectivity index (χ4v) is 2.85. The van der Waals surface area contributed by atoms with Crippen LogP contribution in [0.15, 0.2) is 42.0 Å². The van der Waals surface area contributed by atoms with Gasteiger partial charge in [-0.25, -0.2) is 0 Å². The third-order valence-corrected chi connectivity index (χ3v) is 4.42. The molecule has 156 valence electrons. The summed E-state index contributed by atoms with van der Waals surface area (Å²) in [5.74, 6) is 1.84. The molecule has 0 bridgehead atoms. The Balaban J connectivity index is 1.74. The molecular weight excluding hydrogens is 384 g/mol. The monoisotopic (exact) mass is 408 g/mol. The number of fused-ring (bicyclic) bond motifs is 1. The molecule has 7 nitrogen and oxygen atoms in total. The Bertz CT molecular complexity index is 978. The lowest BCUT2D eigenvalue weighted by Crippen LogP contribution is -2.17. The van der Waals surface area contributed by atoms with Gasteiger partial charge in [0.25, 0.3) is 5.91 Å². The van der Waals surface area contributed by atoms with Gasteiger partial charge < -0.3 is 24.3 Å². The molecule has 2 aromatic rings. The predicted octanol–water partition coefficient (Wildman–Crippen LogP) is 4.19. The van der Waals surface area contributed by atoms with Crippen molar-refractivity contribution in [2.45, 2.75) is 19.8 Å². The number of hydrogen-bond donors (Lipinski definition) is 1. The lowest BCUT2D eigenvalue weighted by atomic mass is 10.1. The molecule has 0 fully saturated rings. The predicted molar refractivity (Wildman–Crippen MR) is 113 cm³/mol. The van der Waals surface area contributed by atoms with Crippen LogP contribution in [-0.2, 0) is 4.79 Å². The molecule has 1 heterocycles. The molecule has 2 aromatic carbocycles.